The first kappa shape index (κ1) is 61.1. The molecule has 0 saturated carbocycles. The van der Waals surface area contributed by atoms with E-state index >= 15 is 0 Å². The molecule has 0 bridgehead atoms. The van der Waals surface area contributed by atoms with Crippen molar-refractivity contribution in [3.8, 4) is 0 Å². The van der Waals surface area contributed by atoms with E-state index in [0.29, 0.717) is 0 Å². The van der Waals surface area contributed by atoms with Gasteiger partial charge in [0.05, 0.1) is 36.8 Å². The van der Waals surface area contributed by atoms with E-state index in [1.54, 1.807) is 0 Å². The first-order valence-corrected chi connectivity index (χ1v) is 24.4. The Morgan fingerprint density at radius 1 is 0.441 bits per heavy atom. The van der Waals surface area contributed by atoms with E-state index in [2.05, 4.69) is 122 Å². The van der Waals surface area contributed by atoms with Crippen LogP contribution in [0.4, 0.5) is 0 Å². The summed E-state index contributed by atoms with van der Waals surface area (Å²) in [5.41, 5.74) is 3.68. The molecule has 0 aliphatic heterocycles. The van der Waals surface area contributed by atoms with Gasteiger partial charge in [-0.05, 0) is 56.7 Å². The Balaban J connectivity index is 0.000000460. The SMILES string of the molecule is CCCCn1ccnc1C=N[C@@H](C)c1ccccc1.CCCCn1ccnc1C=N[C@@H](C)c1ccccc1.CCCCn1ccnc1C=N[C@@H](C)c1ccccc1.[Fe+2].[O-][Cl+3]([O-])([O-])[O-].[O-][Cl+3]([O-])([O-])[O-]. The van der Waals surface area contributed by atoms with Gasteiger partial charge in [0.15, 0.2) is 17.5 Å². The number of hydrogen-bond acceptors (Lipinski definition) is 14. The van der Waals surface area contributed by atoms with Crippen molar-refractivity contribution in [3.05, 3.63) is 162 Å². The number of rotatable bonds is 18. The van der Waals surface area contributed by atoms with E-state index in [0.717, 1.165) is 37.1 Å². The van der Waals surface area contributed by atoms with E-state index in [4.69, 9.17) is 37.3 Å². The van der Waals surface area contributed by atoms with Gasteiger partial charge in [0, 0.05) is 56.8 Å². The van der Waals surface area contributed by atoms with Crippen molar-refractivity contribution < 1.29 is 74.8 Å². The number of imidazole rings is 3. The van der Waals surface area contributed by atoms with Crippen LogP contribution in [0, 0.1) is 20.5 Å². The maximum atomic E-state index is 8.49. The van der Waals surface area contributed by atoms with Gasteiger partial charge in [0.1, 0.15) is 0 Å². The fourth-order valence-electron chi connectivity index (χ4n) is 5.89. The second kappa shape index (κ2) is 34.4. The van der Waals surface area contributed by atoms with Gasteiger partial charge in [0.25, 0.3) is 0 Å². The average molecular weight is 1020 g/mol. The Hall–Kier alpha value is -4.92. The minimum atomic E-state index is -4.94. The number of aromatic nitrogens is 6. The fraction of sp³-hybridized carbons (Fsp3) is 0.375. The van der Waals surface area contributed by atoms with E-state index < -0.39 is 20.5 Å². The minimum Gasteiger partial charge on any atom is -0.330 e. The van der Waals surface area contributed by atoms with Crippen LogP contribution in [-0.4, -0.2) is 47.3 Å². The molecule has 3 heterocycles. The van der Waals surface area contributed by atoms with Crippen LogP contribution in [0.15, 0.2) is 143 Å². The maximum absolute atomic E-state index is 8.49. The van der Waals surface area contributed by atoms with Crippen molar-refractivity contribution in [2.45, 2.75) is 118 Å². The summed E-state index contributed by atoms with van der Waals surface area (Å²) in [5.74, 6) is 2.82. The zero-order valence-corrected chi connectivity index (χ0v) is 42.0. The van der Waals surface area contributed by atoms with E-state index in [9.17, 15) is 0 Å². The van der Waals surface area contributed by atoms with E-state index in [1.807, 2.05) is 110 Å². The molecular weight excluding hydrogens is 957 g/mol. The number of aryl methyl sites for hydroxylation is 3. The first-order valence-electron chi connectivity index (χ1n) is 21.9. The molecule has 0 amide bonds. The third-order valence-electron chi connectivity index (χ3n) is 9.59. The van der Waals surface area contributed by atoms with Crippen LogP contribution in [0.1, 0.15) is 132 Å². The van der Waals surface area contributed by atoms with Crippen LogP contribution in [0.5, 0.6) is 0 Å². The standard InChI is InChI=1S/3C16H21N3.2ClHO4.Fe/c3*1-3-4-11-19-12-10-17-16(19)13-18-14(2)15-8-6-5-7-9-15;2*2-1(3,4)5;/h3*5-10,12-14H,3-4,11H2,1-2H3;2*(H,2,3,4,5);/q;;;;;+2/p-2/t3*14-;;;/m000.../s1. The average Bonchev–Trinajstić information content (AvgIpc) is 4.09. The maximum Gasteiger partial charge on any atom is 2.00 e. The molecule has 3 aromatic carbocycles. The van der Waals surface area contributed by atoms with Crippen molar-refractivity contribution in [2.75, 3.05) is 0 Å². The van der Waals surface area contributed by atoms with Crippen LogP contribution in [0.2, 0.25) is 0 Å². The number of benzene rings is 3. The molecule has 0 aliphatic rings. The van der Waals surface area contributed by atoms with Crippen molar-refractivity contribution in [2.24, 2.45) is 15.0 Å². The monoisotopic (exact) mass is 1020 g/mol. The van der Waals surface area contributed by atoms with Gasteiger partial charge in [-0.25, -0.2) is 52.2 Å². The summed E-state index contributed by atoms with van der Waals surface area (Å²) in [6.07, 6.45) is 24.3. The van der Waals surface area contributed by atoms with Crippen molar-refractivity contribution in [3.63, 3.8) is 0 Å². The second-order valence-electron chi connectivity index (χ2n) is 14.8. The molecule has 20 heteroatoms. The van der Waals surface area contributed by atoms with Gasteiger partial charge >= 0.3 is 17.1 Å². The summed E-state index contributed by atoms with van der Waals surface area (Å²) >= 11 is 0. The minimum absolute atomic E-state index is 0. The summed E-state index contributed by atoms with van der Waals surface area (Å²) in [5, 5.41) is 0. The Morgan fingerprint density at radius 3 is 0.868 bits per heavy atom. The molecule has 17 nitrogen and oxygen atoms in total. The van der Waals surface area contributed by atoms with Crippen LogP contribution >= 0.6 is 0 Å². The molecule has 0 spiro atoms. The van der Waals surface area contributed by atoms with Crippen molar-refractivity contribution >= 4 is 18.6 Å². The number of halogens is 2. The molecule has 370 valence electrons. The molecular formula is C48H63Cl2FeN9O8. The first-order chi connectivity index (χ1) is 31.9. The zero-order valence-electron chi connectivity index (χ0n) is 39.4. The largest absolute Gasteiger partial charge is 2.00 e. The normalized spacial score (nSPS) is 12.6. The second-order valence-corrected chi connectivity index (χ2v) is 16.4. The topological polar surface area (TPSA) is 275 Å². The van der Waals surface area contributed by atoms with Crippen LogP contribution in [0.3, 0.4) is 0 Å². The third kappa shape index (κ3) is 28.4. The van der Waals surface area contributed by atoms with Crippen molar-refractivity contribution in [1.29, 1.82) is 0 Å². The molecule has 0 fully saturated rings. The quantitative estimate of drug-likeness (QED) is 0.0888. The van der Waals surface area contributed by atoms with Crippen LogP contribution < -0.4 is 37.3 Å². The van der Waals surface area contributed by atoms with Gasteiger partial charge in [-0.1, -0.05) is 131 Å². The fourth-order valence-corrected chi connectivity index (χ4v) is 5.89. The molecule has 0 aliphatic carbocycles. The molecule has 0 radical (unpaired) electrons. The smallest absolute Gasteiger partial charge is 0.330 e. The van der Waals surface area contributed by atoms with Crippen LogP contribution in [0.25, 0.3) is 0 Å². The Morgan fingerprint density at radius 2 is 0.662 bits per heavy atom. The summed E-state index contributed by atoms with van der Waals surface area (Å²) in [6, 6.07) is 31.5. The van der Waals surface area contributed by atoms with Gasteiger partial charge in [-0.2, -0.15) is 0 Å². The summed E-state index contributed by atoms with van der Waals surface area (Å²) in [6.45, 7) is 15.9. The molecule has 0 saturated heterocycles. The molecule has 0 N–H and O–H groups in total. The summed E-state index contributed by atoms with van der Waals surface area (Å²) in [4.78, 5) is 26.8. The third-order valence-corrected chi connectivity index (χ3v) is 9.59. The van der Waals surface area contributed by atoms with Crippen LogP contribution in [-0.2, 0) is 36.7 Å². The molecule has 6 rings (SSSR count). The predicted octanol–water partition coefficient (Wildman–Crippen LogP) is 2.08. The van der Waals surface area contributed by atoms with Gasteiger partial charge < -0.3 is 13.7 Å². The molecule has 0 unspecified atom stereocenters. The van der Waals surface area contributed by atoms with Gasteiger partial charge in [-0.3, -0.25) is 15.0 Å². The molecule has 6 aromatic rings. The molecule has 3 atom stereocenters. The Kier molecular flexibility index (Phi) is 30.9. The van der Waals surface area contributed by atoms with E-state index in [1.165, 1.54) is 55.2 Å². The summed E-state index contributed by atoms with van der Waals surface area (Å²) in [7, 11) is -9.89. The molecule has 3 aromatic heterocycles. The summed E-state index contributed by atoms with van der Waals surface area (Å²) < 4.78 is 74.4. The number of unbranched alkanes of at least 4 members (excludes halogenated alkanes) is 3. The Labute approximate surface area is 415 Å². The number of nitrogens with zero attached hydrogens (tertiary/aromatic N) is 9. The molecule has 68 heavy (non-hydrogen) atoms. The number of hydrogen-bond donors (Lipinski definition) is 0. The predicted molar refractivity (Wildman–Crippen MR) is 239 cm³/mol. The van der Waals surface area contributed by atoms with Gasteiger partial charge in [-0.15, -0.1) is 20.5 Å². The van der Waals surface area contributed by atoms with Gasteiger partial charge in [0.2, 0.25) is 0 Å². The zero-order chi connectivity index (χ0) is 49.5. The number of aliphatic imine (C=N–C) groups is 3. The Bertz CT molecular complexity index is 1990. The van der Waals surface area contributed by atoms with Crippen molar-refractivity contribution in [1.82, 2.24) is 28.7 Å². The van der Waals surface area contributed by atoms with E-state index in [-0.39, 0.29) is 35.2 Å².